The molecule has 0 spiro atoms. The van der Waals surface area contributed by atoms with Crippen LogP contribution in [0.15, 0.2) is 45.6 Å². The van der Waals surface area contributed by atoms with Crippen LogP contribution in [0.4, 0.5) is 5.69 Å². The molecule has 34 heavy (non-hydrogen) atoms. The van der Waals surface area contributed by atoms with E-state index in [1.54, 1.807) is 43.5 Å². The second-order valence-electron chi connectivity index (χ2n) is 8.27. The lowest BCUT2D eigenvalue weighted by Crippen LogP contribution is -2.18. The molecule has 2 heterocycles. The average molecular weight is 484 g/mol. The molecule has 2 aromatic heterocycles. The summed E-state index contributed by atoms with van der Waals surface area (Å²) in [5.41, 5.74) is 1.46. The van der Waals surface area contributed by atoms with E-state index in [1.807, 2.05) is 21.0 Å². The Morgan fingerprint density at radius 3 is 2.71 bits per heavy atom. The van der Waals surface area contributed by atoms with Crippen LogP contribution in [0.2, 0.25) is 5.02 Å². The van der Waals surface area contributed by atoms with Crippen molar-refractivity contribution < 1.29 is 18.7 Å². The molecule has 0 aliphatic rings. The van der Waals surface area contributed by atoms with E-state index in [9.17, 15) is 9.59 Å². The Morgan fingerprint density at radius 1 is 1.18 bits per heavy atom. The van der Waals surface area contributed by atoms with Gasteiger partial charge in [-0.1, -0.05) is 11.6 Å². The van der Waals surface area contributed by atoms with Gasteiger partial charge in [-0.05, 0) is 63.8 Å². The van der Waals surface area contributed by atoms with Gasteiger partial charge < -0.3 is 29.1 Å². The first-order valence-electron chi connectivity index (χ1n) is 10.8. The SMILES string of the molecule is COc1cc2cc(NC(=O)c3cc4cc(Cl)ccc4[nH]3)c(=O)oc2c(C)c1OCCCN(C)C. The zero-order chi connectivity index (χ0) is 24.4. The number of aryl methyl sites for hydroxylation is 1. The van der Waals surface area contributed by atoms with Crippen molar-refractivity contribution in [3.05, 3.63) is 63.1 Å². The van der Waals surface area contributed by atoms with E-state index < -0.39 is 11.5 Å². The van der Waals surface area contributed by atoms with Crippen molar-refractivity contribution in [2.75, 3.05) is 39.7 Å². The number of fused-ring (bicyclic) bond motifs is 2. The normalized spacial score (nSPS) is 11.4. The monoisotopic (exact) mass is 483 g/mol. The molecule has 4 rings (SSSR count). The molecule has 178 valence electrons. The summed E-state index contributed by atoms with van der Waals surface area (Å²) in [6, 6.07) is 10.2. The number of benzene rings is 2. The lowest BCUT2D eigenvalue weighted by molar-refractivity contribution is 0.102. The first kappa shape index (κ1) is 23.7. The van der Waals surface area contributed by atoms with Gasteiger partial charge in [0.1, 0.15) is 17.0 Å². The van der Waals surface area contributed by atoms with E-state index in [4.69, 9.17) is 25.5 Å². The predicted molar refractivity (Wildman–Crippen MR) is 134 cm³/mol. The number of carbonyl (C=O) groups excluding carboxylic acids is 1. The van der Waals surface area contributed by atoms with Crippen molar-refractivity contribution in [2.24, 2.45) is 0 Å². The van der Waals surface area contributed by atoms with Crippen molar-refractivity contribution in [3.63, 3.8) is 0 Å². The number of nitrogens with zero attached hydrogens (tertiary/aromatic N) is 1. The highest BCUT2D eigenvalue weighted by Crippen LogP contribution is 2.37. The second kappa shape index (κ2) is 9.79. The third-order valence-electron chi connectivity index (χ3n) is 5.46. The molecular weight excluding hydrogens is 458 g/mol. The minimum atomic E-state index is -0.660. The van der Waals surface area contributed by atoms with E-state index >= 15 is 0 Å². The van der Waals surface area contributed by atoms with E-state index in [2.05, 4.69) is 15.2 Å². The Labute approximate surface area is 201 Å². The summed E-state index contributed by atoms with van der Waals surface area (Å²) in [4.78, 5) is 30.6. The molecule has 1 amide bonds. The number of H-pyrrole nitrogens is 1. The summed E-state index contributed by atoms with van der Waals surface area (Å²) in [5, 5.41) is 4.60. The molecule has 0 aliphatic carbocycles. The van der Waals surface area contributed by atoms with Gasteiger partial charge in [0.25, 0.3) is 5.91 Å². The Balaban J connectivity index is 1.62. The zero-order valence-corrected chi connectivity index (χ0v) is 20.2. The summed E-state index contributed by atoms with van der Waals surface area (Å²) in [7, 11) is 5.55. The van der Waals surface area contributed by atoms with Gasteiger partial charge in [0.2, 0.25) is 0 Å². The Hall–Kier alpha value is -3.49. The Morgan fingerprint density at radius 2 is 1.97 bits per heavy atom. The molecule has 2 N–H and O–H groups in total. The van der Waals surface area contributed by atoms with Crippen LogP contribution in [0.5, 0.6) is 11.5 Å². The maximum absolute atomic E-state index is 12.8. The number of halogens is 1. The smallest absolute Gasteiger partial charge is 0.360 e. The van der Waals surface area contributed by atoms with Crippen LogP contribution in [-0.2, 0) is 0 Å². The third-order valence-corrected chi connectivity index (χ3v) is 5.69. The van der Waals surface area contributed by atoms with Crippen LogP contribution in [0.1, 0.15) is 22.5 Å². The van der Waals surface area contributed by atoms with Crippen LogP contribution in [0, 0.1) is 6.92 Å². The quantitative estimate of drug-likeness (QED) is 0.275. The van der Waals surface area contributed by atoms with Crippen LogP contribution < -0.4 is 20.4 Å². The minimum Gasteiger partial charge on any atom is -0.493 e. The first-order chi connectivity index (χ1) is 16.3. The molecule has 0 fully saturated rings. The summed E-state index contributed by atoms with van der Waals surface area (Å²) in [5.74, 6) is 0.586. The molecule has 9 heteroatoms. The molecule has 0 atom stereocenters. The van der Waals surface area contributed by atoms with E-state index in [0.717, 1.165) is 23.9 Å². The fourth-order valence-electron chi connectivity index (χ4n) is 3.77. The highest BCUT2D eigenvalue weighted by molar-refractivity contribution is 6.31. The highest BCUT2D eigenvalue weighted by Gasteiger charge is 2.18. The molecule has 0 bridgehead atoms. The molecule has 0 aliphatic heterocycles. The van der Waals surface area contributed by atoms with Gasteiger partial charge in [-0.25, -0.2) is 4.79 Å². The van der Waals surface area contributed by atoms with Crippen molar-refractivity contribution in [1.82, 2.24) is 9.88 Å². The van der Waals surface area contributed by atoms with E-state index in [1.165, 1.54) is 0 Å². The van der Waals surface area contributed by atoms with Gasteiger partial charge in [0.15, 0.2) is 11.5 Å². The average Bonchev–Trinajstić information content (AvgIpc) is 3.22. The van der Waals surface area contributed by atoms with Crippen molar-refractivity contribution in [3.8, 4) is 11.5 Å². The topological polar surface area (TPSA) is 96.8 Å². The summed E-state index contributed by atoms with van der Waals surface area (Å²) >= 11 is 6.02. The number of hydrogen-bond donors (Lipinski definition) is 2. The number of ether oxygens (including phenoxy) is 2. The summed E-state index contributed by atoms with van der Waals surface area (Å²) in [6.45, 7) is 3.19. The molecule has 2 aromatic carbocycles. The molecule has 0 radical (unpaired) electrons. The van der Waals surface area contributed by atoms with Crippen LogP contribution >= 0.6 is 11.6 Å². The Bertz CT molecular complexity index is 1420. The van der Waals surface area contributed by atoms with Gasteiger partial charge in [-0.2, -0.15) is 0 Å². The zero-order valence-electron chi connectivity index (χ0n) is 19.5. The second-order valence-corrected chi connectivity index (χ2v) is 8.71. The number of amides is 1. The van der Waals surface area contributed by atoms with E-state index in [0.29, 0.717) is 45.4 Å². The van der Waals surface area contributed by atoms with Crippen LogP contribution in [0.3, 0.4) is 0 Å². The summed E-state index contributed by atoms with van der Waals surface area (Å²) < 4.78 is 17.0. The Kier molecular flexibility index (Phi) is 6.81. The van der Waals surface area contributed by atoms with E-state index in [-0.39, 0.29) is 5.69 Å². The largest absolute Gasteiger partial charge is 0.493 e. The first-order valence-corrected chi connectivity index (χ1v) is 11.2. The van der Waals surface area contributed by atoms with Crippen molar-refractivity contribution in [2.45, 2.75) is 13.3 Å². The fourth-order valence-corrected chi connectivity index (χ4v) is 3.95. The van der Waals surface area contributed by atoms with Crippen LogP contribution in [0.25, 0.3) is 21.9 Å². The molecule has 0 saturated heterocycles. The standard InChI is InChI=1S/C25H26ClN3O5/c1-14-22-16(13-21(32-4)23(14)33-9-5-8-29(2)3)12-20(25(31)34-22)28-24(30)19-11-15-10-17(26)6-7-18(15)27-19/h6-7,10-13,27H,5,8-9H2,1-4H3,(H,28,30). The van der Waals surface area contributed by atoms with Crippen molar-refractivity contribution >= 4 is 45.1 Å². The maximum Gasteiger partial charge on any atom is 0.360 e. The number of nitrogens with one attached hydrogen (secondary N) is 2. The van der Waals surface area contributed by atoms with Gasteiger partial charge in [0, 0.05) is 33.4 Å². The third kappa shape index (κ3) is 4.88. The number of aromatic nitrogens is 1. The lowest BCUT2D eigenvalue weighted by Gasteiger charge is -2.16. The molecular formula is C25H26ClN3O5. The highest BCUT2D eigenvalue weighted by atomic mass is 35.5. The number of anilines is 1. The maximum atomic E-state index is 12.8. The van der Waals surface area contributed by atoms with Crippen LogP contribution in [-0.4, -0.2) is 50.1 Å². The number of methoxy groups -OCH3 is 1. The van der Waals surface area contributed by atoms with Gasteiger partial charge in [-0.3, -0.25) is 4.79 Å². The number of carbonyl (C=O) groups is 1. The van der Waals surface area contributed by atoms with Crippen molar-refractivity contribution in [1.29, 1.82) is 0 Å². The molecule has 8 nitrogen and oxygen atoms in total. The molecule has 4 aromatic rings. The summed E-state index contributed by atoms with van der Waals surface area (Å²) in [6.07, 6.45) is 0.836. The molecule has 0 unspecified atom stereocenters. The minimum absolute atomic E-state index is 0.0234. The van der Waals surface area contributed by atoms with Gasteiger partial charge in [0.05, 0.1) is 13.7 Å². The fraction of sp³-hybridized carbons (Fsp3) is 0.280. The number of hydrogen-bond acceptors (Lipinski definition) is 6. The lowest BCUT2D eigenvalue weighted by atomic mass is 10.1. The number of rotatable bonds is 8. The van der Waals surface area contributed by atoms with Gasteiger partial charge in [-0.15, -0.1) is 0 Å². The predicted octanol–water partition coefficient (Wildman–Crippen LogP) is 4.83. The van der Waals surface area contributed by atoms with Gasteiger partial charge >= 0.3 is 5.63 Å². The number of aromatic amines is 1. The molecule has 0 saturated carbocycles.